The minimum Gasteiger partial charge on any atom is -0.378 e. The predicted molar refractivity (Wildman–Crippen MR) is 60.5 cm³/mol. The SMILES string of the molecule is CN(C)c1ccc(C2(N)CCC2)cc1. The lowest BCUT2D eigenvalue weighted by atomic mass is 9.73. The van der Waals surface area contributed by atoms with Gasteiger partial charge in [-0.1, -0.05) is 12.1 Å². The van der Waals surface area contributed by atoms with Crippen molar-refractivity contribution in [2.75, 3.05) is 19.0 Å². The fourth-order valence-corrected chi connectivity index (χ4v) is 1.94. The van der Waals surface area contributed by atoms with Crippen LogP contribution in [0.3, 0.4) is 0 Å². The van der Waals surface area contributed by atoms with Crippen LogP contribution in [0.15, 0.2) is 24.3 Å². The molecule has 0 spiro atoms. The number of anilines is 1. The van der Waals surface area contributed by atoms with Gasteiger partial charge in [-0.05, 0) is 37.0 Å². The van der Waals surface area contributed by atoms with Crippen molar-refractivity contribution in [3.05, 3.63) is 29.8 Å². The Balaban J connectivity index is 2.21. The Kier molecular flexibility index (Phi) is 2.23. The Hall–Kier alpha value is -1.02. The van der Waals surface area contributed by atoms with Crippen LogP contribution in [0.4, 0.5) is 5.69 Å². The second-order valence-corrected chi connectivity index (χ2v) is 4.45. The lowest BCUT2D eigenvalue weighted by molar-refractivity contribution is 0.253. The number of nitrogens with two attached hydrogens (primary N) is 1. The van der Waals surface area contributed by atoms with Crippen LogP contribution in [0.1, 0.15) is 24.8 Å². The molecular weight excluding hydrogens is 172 g/mol. The minimum atomic E-state index is -0.0230. The summed E-state index contributed by atoms with van der Waals surface area (Å²) in [5.41, 5.74) is 8.73. The molecule has 14 heavy (non-hydrogen) atoms. The molecule has 0 aromatic heterocycles. The first-order chi connectivity index (χ1) is 6.62. The summed E-state index contributed by atoms with van der Waals surface area (Å²) in [7, 11) is 4.10. The van der Waals surface area contributed by atoms with E-state index in [1.807, 2.05) is 0 Å². The van der Waals surface area contributed by atoms with Crippen molar-refractivity contribution in [1.29, 1.82) is 0 Å². The lowest BCUT2D eigenvalue weighted by Gasteiger charge is -2.38. The van der Waals surface area contributed by atoms with Gasteiger partial charge in [-0.3, -0.25) is 0 Å². The Morgan fingerprint density at radius 1 is 1.14 bits per heavy atom. The first kappa shape index (κ1) is 9.53. The van der Waals surface area contributed by atoms with Gasteiger partial charge in [0.15, 0.2) is 0 Å². The number of nitrogens with zero attached hydrogens (tertiary/aromatic N) is 1. The Bertz CT molecular complexity index is 310. The largest absolute Gasteiger partial charge is 0.378 e. The highest BCUT2D eigenvalue weighted by Gasteiger charge is 2.33. The number of benzene rings is 1. The number of hydrogen-bond acceptors (Lipinski definition) is 2. The van der Waals surface area contributed by atoms with E-state index in [4.69, 9.17) is 5.73 Å². The Morgan fingerprint density at radius 2 is 1.71 bits per heavy atom. The fourth-order valence-electron chi connectivity index (χ4n) is 1.94. The third-order valence-corrected chi connectivity index (χ3v) is 3.20. The number of hydrogen-bond donors (Lipinski definition) is 1. The molecule has 2 N–H and O–H groups in total. The second kappa shape index (κ2) is 3.28. The van der Waals surface area contributed by atoms with Crippen molar-refractivity contribution < 1.29 is 0 Å². The van der Waals surface area contributed by atoms with Gasteiger partial charge in [-0.25, -0.2) is 0 Å². The monoisotopic (exact) mass is 190 g/mol. The average Bonchev–Trinajstić information content (AvgIpc) is 2.14. The van der Waals surface area contributed by atoms with Crippen molar-refractivity contribution in [2.24, 2.45) is 5.73 Å². The molecule has 2 heteroatoms. The summed E-state index contributed by atoms with van der Waals surface area (Å²) in [5, 5.41) is 0. The van der Waals surface area contributed by atoms with Crippen LogP contribution in [-0.4, -0.2) is 14.1 Å². The molecule has 0 saturated heterocycles. The maximum Gasteiger partial charge on any atom is 0.0409 e. The minimum absolute atomic E-state index is 0.0230. The summed E-state index contributed by atoms with van der Waals surface area (Å²) in [6.07, 6.45) is 3.54. The molecule has 0 aliphatic heterocycles. The zero-order chi connectivity index (χ0) is 10.2. The summed E-state index contributed by atoms with van der Waals surface area (Å²) in [6.45, 7) is 0. The van der Waals surface area contributed by atoms with Gasteiger partial charge in [-0.15, -0.1) is 0 Å². The van der Waals surface area contributed by atoms with Gasteiger partial charge in [0.25, 0.3) is 0 Å². The van der Waals surface area contributed by atoms with E-state index in [1.54, 1.807) is 0 Å². The van der Waals surface area contributed by atoms with Crippen molar-refractivity contribution in [1.82, 2.24) is 0 Å². The van der Waals surface area contributed by atoms with Crippen molar-refractivity contribution in [2.45, 2.75) is 24.8 Å². The first-order valence-corrected chi connectivity index (χ1v) is 5.19. The van der Waals surface area contributed by atoms with Gasteiger partial charge in [0.1, 0.15) is 0 Å². The summed E-state index contributed by atoms with van der Waals surface area (Å²) < 4.78 is 0. The molecule has 1 aliphatic carbocycles. The molecule has 1 aromatic rings. The molecule has 0 heterocycles. The van der Waals surface area contributed by atoms with Gasteiger partial charge >= 0.3 is 0 Å². The van der Waals surface area contributed by atoms with Gasteiger partial charge in [0.2, 0.25) is 0 Å². The molecule has 0 amide bonds. The topological polar surface area (TPSA) is 29.3 Å². The van der Waals surface area contributed by atoms with Crippen LogP contribution in [0.2, 0.25) is 0 Å². The normalized spacial score (nSPS) is 18.8. The van der Waals surface area contributed by atoms with Crippen molar-refractivity contribution in [3.63, 3.8) is 0 Å². The van der Waals surface area contributed by atoms with E-state index >= 15 is 0 Å². The smallest absolute Gasteiger partial charge is 0.0409 e. The Morgan fingerprint density at radius 3 is 2.07 bits per heavy atom. The van der Waals surface area contributed by atoms with E-state index in [-0.39, 0.29) is 5.54 Å². The molecule has 1 aromatic carbocycles. The van der Waals surface area contributed by atoms with Gasteiger partial charge in [0, 0.05) is 25.3 Å². The molecule has 1 aliphatic rings. The van der Waals surface area contributed by atoms with E-state index in [2.05, 4.69) is 43.3 Å². The standard InChI is InChI=1S/C12H18N2/c1-14(2)11-6-4-10(5-7-11)12(13)8-3-9-12/h4-7H,3,8-9,13H2,1-2H3. The van der Waals surface area contributed by atoms with Crippen LogP contribution in [-0.2, 0) is 5.54 Å². The van der Waals surface area contributed by atoms with Crippen LogP contribution >= 0.6 is 0 Å². The zero-order valence-electron chi connectivity index (χ0n) is 8.96. The van der Waals surface area contributed by atoms with Crippen LogP contribution < -0.4 is 10.6 Å². The molecule has 0 unspecified atom stereocenters. The molecule has 1 saturated carbocycles. The van der Waals surface area contributed by atoms with E-state index in [0.29, 0.717) is 0 Å². The van der Waals surface area contributed by atoms with Crippen LogP contribution in [0, 0.1) is 0 Å². The molecule has 2 nitrogen and oxygen atoms in total. The summed E-state index contributed by atoms with van der Waals surface area (Å²) in [4.78, 5) is 2.10. The maximum atomic E-state index is 6.24. The van der Waals surface area contributed by atoms with Crippen LogP contribution in [0.5, 0.6) is 0 Å². The van der Waals surface area contributed by atoms with Gasteiger partial charge in [0.05, 0.1) is 0 Å². The molecule has 0 bridgehead atoms. The van der Waals surface area contributed by atoms with Gasteiger partial charge in [-0.2, -0.15) is 0 Å². The van der Waals surface area contributed by atoms with Crippen LogP contribution in [0.25, 0.3) is 0 Å². The summed E-state index contributed by atoms with van der Waals surface area (Å²) in [5.74, 6) is 0. The van der Waals surface area contributed by atoms with E-state index < -0.39 is 0 Å². The third-order valence-electron chi connectivity index (χ3n) is 3.20. The highest BCUT2D eigenvalue weighted by atomic mass is 15.1. The highest BCUT2D eigenvalue weighted by molar-refractivity contribution is 5.47. The fraction of sp³-hybridized carbons (Fsp3) is 0.500. The van der Waals surface area contributed by atoms with E-state index in [9.17, 15) is 0 Å². The molecule has 1 fully saturated rings. The Labute approximate surface area is 85.7 Å². The molecule has 76 valence electrons. The highest BCUT2D eigenvalue weighted by Crippen LogP contribution is 2.38. The molecule has 0 atom stereocenters. The number of rotatable bonds is 2. The van der Waals surface area contributed by atoms with E-state index in [1.165, 1.54) is 17.7 Å². The van der Waals surface area contributed by atoms with Gasteiger partial charge < -0.3 is 10.6 Å². The molecular formula is C12H18N2. The maximum absolute atomic E-state index is 6.24. The zero-order valence-corrected chi connectivity index (χ0v) is 8.96. The third kappa shape index (κ3) is 1.50. The second-order valence-electron chi connectivity index (χ2n) is 4.45. The van der Waals surface area contributed by atoms with E-state index in [0.717, 1.165) is 12.8 Å². The quantitative estimate of drug-likeness (QED) is 0.773. The summed E-state index contributed by atoms with van der Waals surface area (Å²) in [6, 6.07) is 8.60. The first-order valence-electron chi connectivity index (χ1n) is 5.19. The molecule has 0 radical (unpaired) electrons. The average molecular weight is 190 g/mol. The lowest BCUT2D eigenvalue weighted by Crippen LogP contribution is -2.43. The van der Waals surface area contributed by atoms with Crippen molar-refractivity contribution >= 4 is 5.69 Å². The van der Waals surface area contributed by atoms with Crippen molar-refractivity contribution in [3.8, 4) is 0 Å². The molecule has 2 rings (SSSR count). The summed E-state index contributed by atoms with van der Waals surface area (Å²) >= 11 is 0. The predicted octanol–water partition coefficient (Wildman–Crippen LogP) is 2.09.